The number of nitrogens with zero attached hydrogens (tertiary/aromatic N) is 1. The number of halogens is 3. The molecule has 0 aromatic heterocycles. The molecule has 2 aliphatic carbocycles. The summed E-state index contributed by atoms with van der Waals surface area (Å²) in [6, 6.07) is 3.84. The number of ether oxygens (including phenoxy) is 1. The molecule has 1 fully saturated rings. The Kier molecular flexibility index (Phi) is 7.67. The minimum atomic E-state index is -4.39. The molecule has 1 unspecified atom stereocenters. The molecule has 8 heteroatoms. The number of rotatable bonds is 6. The van der Waals surface area contributed by atoms with Gasteiger partial charge in [-0.05, 0) is 80.8 Å². The van der Waals surface area contributed by atoms with Crippen LogP contribution in [-0.4, -0.2) is 50.8 Å². The number of allylic oxidation sites excluding steroid dienone is 4. The first-order valence-electron chi connectivity index (χ1n) is 12.1. The number of likely N-dealkylation sites (N-methyl/N-ethyl adjacent to an activating group) is 1. The molecule has 0 bridgehead atoms. The normalized spacial score (nSPS) is 28.4. The zero-order valence-corrected chi connectivity index (χ0v) is 19.8. The lowest BCUT2D eigenvalue weighted by molar-refractivity contribution is -0.138. The van der Waals surface area contributed by atoms with Crippen molar-refractivity contribution in [2.24, 2.45) is 17.8 Å². The summed E-state index contributed by atoms with van der Waals surface area (Å²) in [4.78, 5) is 14.1. The van der Waals surface area contributed by atoms with Crippen LogP contribution in [0.15, 0.2) is 42.5 Å². The molecule has 0 saturated carbocycles. The van der Waals surface area contributed by atoms with Gasteiger partial charge in [0.25, 0.3) is 0 Å². The van der Waals surface area contributed by atoms with Gasteiger partial charge >= 0.3 is 12.2 Å². The van der Waals surface area contributed by atoms with Gasteiger partial charge in [0, 0.05) is 19.6 Å². The SMILES string of the molecule is CN(C)CCNC(=O)NC[C@H]1CC[C@@H]2[C@H](O1)c1cc(C(F)(F)F)ccc1C[C@H]2C1C=CC=CC1. The van der Waals surface area contributed by atoms with E-state index in [2.05, 4.69) is 28.9 Å². The van der Waals surface area contributed by atoms with E-state index >= 15 is 0 Å². The molecular formula is C26H34F3N3O2. The third-order valence-electron chi connectivity index (χ3n) is 7.23. The summed E-state index contributed by atoms with van der Waals surface area (Å²) in [7, 11) is 3.87. The molecule has 1 aromatic carbocycles. The standard InChI is InChI=1S/C26H34F3N3O2/c1-32(2)13-12-30-25(33)31-16-20-10-11-21-22(17-6-4-3-5-7-17)14-18-8-9-19(26(27,28)29)15-23(18)24(21)34-20/h3-6,8-9,15,17,20-22,24H,7,10-14,16H2,1-2H3,(H2,30,31,33)/t17?,20-,21+,22+,24+/m1/s1. The Morgan fingerprint density at radius 1 is 1.15 bits per heavy atom. The van der Waals surface area contributed by atoms with Crippen molar-refractivity contribution in [1.82, 2.24) is 15.5 Å². The Hall–Kier alpha value is -2.32. The predicted octanol–water partition coefficient (Wildman–Crippen LogP) is 4.71. The zero-order chi connectivity index (χ0) is 24.3. The molecule has 34 heavy (non-hydrogen) atoms. The average Bonchev–Trinajstić information content (AvgIpc) is 2.81. The molecule has 2 amide bonds. The Labute approximate surface area is 199 Å². The Morgan fingerprint density at radius 3 is 2.68 bits per heavy atom. The fourth-order valence-electron chi connectivity index (χ4n) is 5.47. The highest BCUT2D eigenvalue weighted by molar-refractivity contribution is 5.73. The highest BCUT2D eigenvalue weighted by Gasteiger charge is 2.44. The number of carbonyl (C=O) groups excluding carboxylic acids is 1. The summed E-state index contributed by atoms with van der Waals surface area (Å²) in [6.07, 6.45) is 6.82. The molecule has 2 N–H and O–H groups in total. The van der Waals surface area contributed by atoms with Crippen LogP contribution in [0.5, 0.6) is 0 Å². The van der Waals surface area contributed by atoms with Gasteiger partial charge in [0.1, 0.15) is 0 Å². The Morgan fingerprint density at radius 2 is 1.97 bits per heavy atom. The van der Waals surface area contributed by atoms with Crippen molar-refractivity contribution in [3.8, 4) is 0 Å². The third kappa shape index (κ3) is 5.84. The largest absolute Gasteiger partial charge is 0.416 e. The summed E-state index contributed by atoms with van der Waals surface area (Å²) in [5, 5.41) is 5.68. The highest BCUT2D eigenvalue weighted by Crippen LogP contribution is 2.50. The van der Waals surface area contributed by atoms with Gasteiger partial charge < -0.3 is 20.3 Å². The molecule has 5 atom stereocenters. The first-order valence-corrected chi connectivity index (χ1v) is 12.1. The van der Waals surface area contributed by atoms with E-state index in [1.165, 1.54) is 12.1 Å². The van der Waals surface area contributed by atoms with Gasteiger partial charge in [-0.3, -0.25) is 0 Å². The number of alkyl halides is 3. The predicted molar refractivity (Wildman–Crippen MR) is 125 cm³/mol. The van der Waals surface area contributed by atoms with Crippen molar-refractivity contribution in [2.75, 3.05) is 33.7 Å². The highest BCUT2D eigenvalue weighted by atomic mass is 19.4. The lowest BCUT2D eigenvalue weighted by atomic mass is 9.64. The number of benzene rings is 1. The number of carbonyl (C=O) groups is 1. The van der Waals surface area contributed by atoms with Crippen molar-refractivity contribution in [3.05, 3.63) is 59.2 Å². The van der Waals surface area contributed by atoms with E-state index in [-0.39, 0.29) is 18.1 Å². The summed E-state index contributed by atoms with van der Waals surface area (Å²) in [5.41, 5.74) is 0.969. The van der Waals surface area contributed by atoms with Crippen molar-refractivity contribution in [2.45, 2.75) is 44.1 Å². The van der Waals surface area contributed by atoms with Crippen LogP contribution < -0.4 is 10.6 Å². The second-order valence-corrected chi connectivity index (χ2v) is 9.85. The van der Waals surface area contributed by atoms with Crippen LogP contribution in [0.1, 0.15) is 42.1 Å². The molecule has 1 aromatic rings. The van der Waals surface area contributed by atoms with Crippen molar-refractivity contribution in [3.63, 3.8) is 0 Å². The van der Waals surface area contributed by atoms with Gasteiger partial charge in [0.2, 0.25) is 0 Å². The molecule has 0 radical (unpaired) electrons. The zero-order valence-electron chi connectivity index (χ0n) is 19.8. The first kappa shape index (κ1) is 24.8. The van der Waals surface area contributed by atoms with Gasteiger partial charge in [-0.2, -0.15) is 13.2 Å². The summed E-state index contributed by atoms with van der Waals surface area (Å²) < 4.78 is 46.9. The van der Waals surface area contributed by atoms with Gasteiger partial charge in [-0.25, -0.2) is 4.79 Å². The van der Waals surface area contributed by atoms with E-state index < -0.39 is 17.8 Å². The molecule has 1 heterocycles. The number of urea groups is 1. The van der Waals surface area contributed by atoms with Gasteiger partial charge in [0.05, 0.1) is 17.8 Å². The molecule has 186 valence electrons. The van der Waals surface area contributed by atoms with Crippen LogP contribution in [0.3, 0.4) is 0 Å². The Balaban J connectivity index is 1.49. The van der Waals surface area contributed by atoms with Gasteiger partial charge in [-0.1, -0.05) is 30.4 Å². The molecule has 5 nitrogen and oxygen atoms in total. The van der Waals surface area contributed by atoms with E-state index in [0.717, 1.165) is 37.8 Å². The topological polar surface area (TPSA) is 53.6 Å². The van der Waals surface area contributed by atoms with Crippen molar-refractivity contribution >= 4 is 6.03 Å². The van der Waals surface area contributed by atoms with Gasteiger partial charge in [-0.15, -0.1) is 0 Å². The molecule has 1 saturated heterocycles. The van der Waals surface area contributed by atoms with Crippen molar-refractivity contribution in [1.29, 1.82) is 0 Å². The van der Waals surface area contributed by atoms with E-state index in [1.807, 2.05) is 25.1 Å². The summed E-state index contributed by atoms with van der Waals surface area (Å²) >= 11 is 0. The van der Waals surface area contributed by atoms with Crippen LogP contribution in [0.25, 0.3) is 0 Å². The second-order valence-electron chi connectivity index (χ2n) is 9.85. The first-order chi connectivity index (χ1) is 16.2. The second kappa shape index (κ2) is 10.5. The minimum absolute atomic E-state index is 0.155. The molecule has 1 aliphatic heterocycles. The number of amides is 2. The van der Waals surface area contributed by atoms with Crippen LogP contribution in [0.2, 0.25) is 0 Å². The molecule has 0 spiro atoms. The maximum Gasteiger partial charge on any atom is 0.416 e. The smallest absolute Gasteiger partial charge is 0.368 e. The Bertz CT molecular complexity index is 928. The number of nitrogens with one attached hydrogen (secondary N) is 2. The average molecular weight is 478 g/mol. The number of hydrogen-bond acceptors (Lipinski definition) is 3. The fraction of sp³-hybridized carbons (Fsp3) is 0.577. The van der Waals surface area contributed by atoms with Crippen LogP contribution in [0, 0.1) is 17.8 Å². The van der Waals surface area contributed by atoms with Crippen LogP contribution in [0.4, 0.5) is 18.0 Å². The fourth-order valence-corrected chi connectivity index (χ4v) is 5.47. The van der Waals surface area contributed by atoms with E-state index in [0.29, 0.717) is 30.5 Å². The maximum atomic E-state index is 13.5. The third-order valence-corrected chi connectivity index (χ3v) is 7.23. The summed E-state index contributed by atoms with van der Waals surface area (Å²) in [6.45, 7) is 1.61. The maximum absolute atomic E-state index is 13.5. The van der Waals surface area contributed by atoms with E-state index in [9.17, 15) is 18.0 Å². The lowest BCUT2D eigenvalue weighted by Gasteiger charge is -2.47. The number of hydrogen-bond donors (Lipinski definition) is 2. The van der Waals surface area contributed by atoms with Crippen LogP contribution in [-0.2, 0) is 17.3 Å². The number of fused-ring (bicyclic) bond motifs is 3. The summed E-state index contributed by atoms with van der Waals surface area (Å²) in [5.74, 6) is 0.828. The van der Waals surface area contributed by atoms with E-state index in [1.54, 1.807) is 6.07 Å². The van der Waals surface area contributed by atoms with Crippen LogP contribution >= 0.6 is 0 Å². The quantitative estimate of drug-likeness (QED) is 0.624. The monoisotopic (exact) mass is 477 g/mol. The lowest BCUT2D eigenvalue weighted by Crippen LogP contribution is -2.46. The molecular weight excluding hydrogens is 443 g/mol. The van der Waals surface area contributed by atoms with E-state index in [4.69, 9.17) is 4.74 Å². The molecule has 4 rings (SSSR count). The van der Waals surface area contributed by atoms with Crippen molar-refractivity contribution < 1.29 is 22.7 Å². The van der Waals surface area contributed by atoms with Gasteiger partial charge in [0.15, 0.2) is 0 Å². The minimum Gasteiger partial charge on any atom is -0.368 e. The molecule has 3 aliphatic rings.